The van der Waals surface area contributed by atoms with Crippen molar-refractivity contribution in [3.8, 4) is 0 Å². The highest BCUT2D eigenvalue weighted by Crippen LogP contribution is 2.40. The molecule has 2 atom stereocenters. The number of esters is 1. The third-order valence-corrected chi connectivity index (χ3v) is 5.62. The second kappa shape index (κ2) is 8.18. The van der Waals surface area contributed by atoms with E-state index in [4.69, 9.17) is 4.74 Å². The van der Waals surface area contributed by atoms with Crippen molar-refractivity contribution >= 4 is 11.5 Å². The topological polar surface area (TPSA) is 46.5 Å². The van der Waals surface area contributed by atoms with E-state index < -0.39 is 12.2 Å². The van der Waals surface area contributed by atoms with Crippen LogP contribution in [0.15, 0.2) is 24.8 Å². The number of aliphatic hydroxyl groups excluding tert-OH is 1. The first-order valence-corrected chi connectivity index (χ1v) is 9.78. The Morgan fingerprint density at radius 3 is 2.72 bits per heavy atom. The number of rotatable bonds is 5. The zero-order valence-corrected chi connectivity index (χ0v) is 15.3. The molecule has 2 aliphatic rings. The number of ether oxygens (including phenoxy) is 1. The second-order valence-corrected chi connectivity index (χ2v) is 7.56. The van der Waals surface area contributed by atoms with Gasteiger partial charge in [-0.05, 0) is 47.4 Å². The lowest BCUT2D eigenvalue weighted by Crippen LogP contribution is -2.33. The van der Waals surface area contributed by atoms with Crippen molar-refractivity contribution in [1.29, 1.82) is 0 Å². The highest BCUT2D eigenvalue weighted by Gasteiger charge is 2.32. The monoisotopic (exact) mass is 342 g/mol. The fraction of sp³-hybridized carbons (Fsp3) is 0.591. The van der Waals surface area contributed by atoms with E-state index in [2.05, 4.69) is 31.7 Å². The lowest BCUT2D eigenvalue weighted by atomic mass is 9.78. The van der Waals surface area contributed by atoms with Crippen molar-refractivity contribution in [1.82, 2.24) is 0 Å². The van der Waals surface area contributed by atoms with Crippen molar-refractivity contribution in [2.45, 2.75) is 82.8 Å². The van der Waals surface area contributed by atoms with Crippen molar-refractivity contribution in [2.24, 2.45) is 0 Å². The number of carbonyl (C=O) groups is 1. The molecule has 3 nitrogen and oxygen atoms in total. The third-order valence-electron chi connectivity index (χ3n) is 5.62. The highest BCUT2D eigenvalue weighted by molar-refractivity contribution is 5.78. The van der Waals surface area contributed by atoms with Crippen LogP contribution < -0.4 is 0 Å². The van der Waals surface area contributed by atoms with Crippen molar-refractivity contribution in [3.05, 3.63) is 41.5 Å². The summed E-state index contributed by atoms with van der Waals surface area (Å²) in [4.78, 5) is 11.8. The Morgan fingerprint density at radius 1 is 1.28 bits per heavy atom. The summed E-state index contributed by atoms with van der Waals surface area (Å²) in [5.41, 5.74) is 4.73. The molecule has 3 heteroatoms. The fourth-order valence-corrected chi connectivity index (χ4v) is 4.40. The van der Waals surface area contributed by atoms with Gasteiger partial charge in [0.15, 0.2) is 0 Å². The van der Waals surface area contributed by atoms with Gasteiger partial charge >= 0.3 is 5.97 Å². The first-order chi connectivity index (χ1) is 12.1. The van der Waals surface area contributed by atoms with Gasteiger partial charge in [0.2, 0.25) is 0 Å². The van der Waals surface area contributed by atoms with E-state index in [-0.39, 0.29) is 12.4 Å². The Bertz CT molecular complexity index is 628. The highest BCUT2D eigenvalue weighted by atomic mass is 16.5. The Hall–Kier alpha value is -1.61. The zero-order chi connectivity index (χ0) is 17.8. The number of cyclic esters (lactones) is 1. The van der Waals surface area contributed by atoms with Crippen LogP contribution in [-0.4, -0.2) is 23.3 Å². The molecule has 2 unspecified atom stereocenters. The zero-order valence-electron chi connectivity index (χ0n) is 15.3. The largest absolute Gasteiger partial charge is 0.457 e. The number of carbonyl (C=O) groups excluding carboxylic acids is 1. The van der Waals surface area contributed by atoms with E-state index in [9.17, 15) is 9.90 Å². The second-order valence-electron chi connectivity index (χ2n) is 7.56. The molecule has 0 spiro atoms. The molecule has 0 bridgehead atoms. The Balaban J connectivity index is 1.96. The molecule has 0 aromatic heterocycles. The van der Waals surface area contributed by atoms with E-state index in [1.54, 1.807) is 0 Å². The molecule has 136 valence electrons. The van der Waals surface area contributed by atoms with Crippen LogP contribution in [0, 0.1) is 0 Å². The minimum Gasteiger partial charge on any atom is -0.457 e. The molecule has 2 fully saturated rings. The van der Waals surface area contributed by atoms with E-state index in [0.717, 1.165) is 18.4 Å². The van der Waals surface area contributed by atoms with Crippen LogP contribution in [0.4, 0.5) is 0 Å². The van der Waals surface area contributed by atoms with Gasteiger partial charge in [-0.2, -0.15) is 0 Å². The van der Waals surface area contributed by atoms with Gasteiger partial charge in [0.1, 0.15) is 6.10 Å². The quantitative estimate of drug-likeness (QED) is 0.784. The maximum absolute atomic E-state index is 11.8. The van der Waals surface area contributed by atoms with Crippen molar-refractivity contribution in [3.63, 3.8) is 0 Å². The fourth-order valence-electron chi connectivity index (χ4n) is 4.40. The maximum Gasteiger partial charge on any atom is 0.309 e. The van der Waals surface area contributed by atoms with Gasteiger partial charge in [-0.3, -0.25) is 4.79 Å². The Morgan fingerprint density at radius 2 is 2.04 bits per heavy atom. The van der Waals surface area contributed by atoms with Crippen LogP contribution >= 0.6 is 0 Å². The molecular formula is C22H30O3. The molecule has 1 saturated heterocycles. The average molecular weight is 342 g/mol. The van der Waals surface area contributed by atoms with Crippen LogP contribution in [0.25, 0.3) is 5.57 Å². The summed E-state index contributed by atoms with van der Waals surface area (Å²) >= 11 is 0. The molecular weight excluding hydrogens is 312 g/mol. The van der Waals surface area contributed by atoms with E-state index in [1.807, 2.05) is 0 Å². The van der Waals surface area contributed by atoms with Gasteiger partial charge in [-0.1, -0.05) is 57.4 Å². The van der Waals surface area contributed by atoms with Crippen LogP contribution in [0.5, 0.6) is 0 Å². The van der Waals surface area contributed by atoms with E-state index >= 15 is 0 Å². The molecule has 1 aliphatic carbocycles. The van der Waals surface area contributed by atoms with Gasteiger partial charge in [-0.25, -0.2) is 0 Å². The number of benzene rings is 1. The molecule has 0 amide bonds. The van der Waals surface area contributed by atoms with Crippen LogP contribution in [0.2, 0.25) is 0 Å². The van der Waals surface area contributed by atoms with Crippen LogP contribution in [-0.2, 0) is 16.0 Å². The molecule has 1 saturated carbocycles. The first kappa shape index (κ1) is 18.2. The molecule has 1 heterocycles. The summed E-state index contributed by atoms with van der Waals surface area (Å²) in [5, 5.41) is 9.99. The molecule has 1 N–H and O–H groups in total. The Labute approximate surface area is 151 Å². The van der Waals surface area contributed by atoms with Gasteiger partial charge in [0.25, 0.3) is 0 Å². The minimum absolute atomic E-state index is 0.0931. The molecule has 1 aromatic carbocycles. The normalized spacial score (nSPS) is 24.8. The van der Waals surface area contributed by atoms with Crippen molar-refractivity contribution < 1.29 is 14.6 Å². The van der Waals surface area contributed by atoms with Crippen LogP contribution in [0.3, 0.4) is 0 Å². The SMILES string of the molecule is C=C(c1c(CCC)cccc1C1CCCCC1)C1CC(O)CC(=O)O1. The van der Waals surface area contributed by atoms with Gasteiger partial charge in [0.05, 0.1) is 12.5 Å². The van der Waals surface area contributed by atoms with Crippen LogP contribution in [0.1, 0.15) is 80.9 Å². The summed E-state index contributed by atoms with van der Waals surface area (Å²) in [6.07, 6.45) is 7.93. The molecule has 1 aromatic rings. The average Bonchev–Trinajstić information content (AvgIpc) is 2.61. The minimum atomic E-state index is -0.625. The smallest absolute Gasteiger partial charge is 0.309 e. The number of hydrogen-bond acceptors (Lipinski definition) is 3. The molecule has 25 heavy (non-hydrogen) atoms. The third kappa shape index (κ3) is 4.14. The lowest BCUT2D eigenvalue weighted by Gasteiger charge is -2.31. The first-order valence-electron chi connectivity index (χ1n) is 9.78. The predicted octanol–water partition coefficient (Wildman–Crippen LogP) is 4.77. The summed E-state index contributed by atoms with van der Waals surface area (Å²) in [6.45, 7) is 6.51. The molecule has 1 aliphatic heterocycles. The van der Waals surface area contributed by atoms with Crippen molar-refractivity contribution in [2.75, 3.05) is 0 Å². The summed E-state index contributed by atoms with van der Waals surface area (Å²) in [6, 6.07) is 6.57. The lowest BCUT2D eigenvalue weighted by molar-refractivity contribution is -0.155. The number of aryl methyl sites for hydroxylation is 1. The molecule has 0 radical (unpaired) electrons. The van der Waals surface area contributed by atoms with Gasteiger partial charge < -0.3 is 9.84 Å². The van der Waals surface area contributed by atoms with Gasteiger partial charge in [-0.15, -0.1) is 0 Å². The maximum atomic E-state index is 11.8. The van der Waals surface area contributed by atoms with E-state index in [0.29, 0.717) is 12.3 Å². The summed E-state index contributed by atoms with van der Waals surface area (Å²) < 4.78 is 5.55. The number of hydrogen-bond donors (Lipinski definition) is 1. The van der Waals surface area contributed by atoms with E-state index in [1.165, 1.54) is 48.8 Å². The summed E-state index contributed by atoms with van der Waals surface area (Å²) in [7, 11) is 0. The summed E-state index contributed by atoms with van der Waals surface area (Å²) in [5.74, 6) is 0.249. The molecule has 3 rings (SSSR count). The van der Waals surface area contributed by atoms with Gasteiger partial charge in [0, 0.05) is 6.42 Å². The standard InChI is InChI=1S/C22H30O3/c1-3-8-17-11-7-12-19(16-9-5-4-6-10-16)22(17)15(2)20-13-18(23)14-21(24)25-20/h7,11-12,16,18,20,23H,2-6,8-10,13-14H2,1H3. The number of aliphatic hydroxyl groups is 1. The Kier molecular flexibility index (Phi) is 5.95. The predicted molar refractivity (Wildman–Crippen MR) is 100 cm³/mol.